The molecule has 1 aromatic rings. The van der Waals surface area contributed by atoms with Crippen molar-refractivity contribution in [2.24, 2.45) is 0 Å². The maximum absolute atomic E-state index is 11.6. The standard InChI is InChI=1S/C16H23ClN2O3/c1-12-8-14(21-2)15(22-3)9-13(12)11-18-4-6-19(7-5-18)16(20)10-17/h8-9H,4-7,10-11H2,1-3H3/p+1. The molecule has 0 bridgehead atoms. The SMILES string of the molecule is COc1cc(C)c(C[NH+]2CCN(C(=O)CCl)CC2)cc1OC. The van der Waals surface area contributed by atoms with Gasteiger partial charge in [0.15, 0.2) is 11.5 Å². The fourth-order valence-electron chi connectivity index (χ4n) is 2.82. The monoisotopic (exact) mass is 327 g/mol. The summed E-state index contributed by atoms with van der Waals surface area (Å²) in [6.07, 6.45) is 0. The lowest BCUT2D eigenvalue weighted by molar-refractivity contribution is -0.917. The second kappa shape index (κ2) is 7.70. The molecule has 22 heavy (non-hydrogen) atoms. The highest BCUT2D eigenvalue weighted by molar-refractivity contribution is 6.27. The minimum absolute atomic E-state index is 0.0306. The van der Waals surface area contributed by atoms with E-state index >= 15 is 0 Å². The average Bonchev–Trinajstić information content (AvgIpc) is 2.56. The van der Waals surface area contributed by atoms with Gasteiger partial charge in [-0.2, -0.15) is 0 Å². The third-order valence-corrected chi connectivity index (χ3v) is 4.45. The normalized spacial score (nSPS) is 15.7. The third kappa shape index (κ3) is 3.84. The molecule has 0 aliphatic carbocycles. The van der Waals surface area contributed by atoms with Crippen LogP contribution in [0.25, 0.3) is 0 Å². The number of amides is 1. The van der Waals surface area contributed by atoms with E-state index in [2.05, 4.69) is 13.0 Å². The van der Waals surface area contributed by atoms with Gasteiger partial charge in [0.1, 0.15) is 12.4 Å². The van der Waals surface area contributed by atoms with Crippen molar-refractivity contribution in [2.45, 2.75) is 13.5 Å². The predicted molar refractivity (Wildman–Crippen MR) is 86.0 cm³/mol. The molecule has 0 radical (unpaired) electrons. The van der Waals surface area contributed by atoms with Crippen LogP contribution in [0, 0.1) is 6.92 Å². The van der Waals surface area contributed by atoms with Crippen LogP contribution in [0.2, 0.25) is 0 Å². The van der Waals surface area contributed by atoms with E-state index in [1.165, 1.54) is 16.0 Å². The number of nitrogens with one attached hydrogen (secondary N) is 1. The molecule has 0 aromatic heterocycles. The van der Waals surface area contributed by atoms with Gasteiger partial charge in [-0.25, -0.2) is 0 Å². The molecule has 0 unspecified atom stereocenters. The van der Waals surface area contributed by atoms with Crippen LogP contribution in [0.1, 0.15) is 11.1 Å². The van der Waals surface area contributed by atoms with E-state index in [0.717, 1.165) is 44.2 Å². The number of methoxy groups -OCH3 is 2. The van der Waals surface area contributed by atoms with E-state index in [1.54, 1.807) is 14.2 Å². The molecular weight excluding hydrogens is 304 g/mol. The number of alkyl halides is 1. The van der Waals surface area contributed by atoms with Crippen LogP contribution in [0.5, 0.6) is 11.5 Å². The summed E-state index contributed by atoms with van der Waals surface area (Å²) in [5.41, 5.74) is 2.45. The summed E-state index contributed by atoms with van der Waals surface area (Å²) in [6.45, 7) is 6.44. The Balaban J connectivity index is 2.01. The highest BCUT2D eigenvalue weighted by Gasteiger charge is 2.24. The van der Waals surface area contributed by atoms with E-state index < -0.39 is 0 Å². The van der Waals surface area contributed by atoms with Gasteiger partial charge in [0.25, 0.3) is 0 Å². The molecule has 1 aromatic carbocycles. The first-order valence-corrected chi connectivity index (χ1v) is 8.01. The van der Waals surface area contributed by atoms with Gasteiger partial charge in [-0.05, 0) is 24.6 Å². The quantitative estimate of drug-likeness (QED) is 0.800. The molecule has 1 aliphatic heterocycles. The highest BCUT2D eigenvalue weighted by Crippen LogP contribution is 2.29. The van der Waals surface area contributed by atoms with E-state index in [-0.39, 0.29) is 11.8 Å². The molecule has 0 spiro atoms. The fraction of sp³-hybridized carbons (Fsp3) is 0.562. The lowest BCUT2D eigenvalue weighted by atomic mass is 10.1. The largest absolute Gasteiger partial charge is 0.493 e. The number of aryl methyl sites for hydroxylation is 1. The summed E-state index contributed by atoms with van der Waals surface area (Å²) in [6, 6.07) is 4.07. The molecule has 122 valence electrons. The second-order valence-corrected chi connectivity index (χ2v) is 5.84. The molecule has 6 heteroatoms. The third-order valence-electron chi connectivity index (χ3n) is 4.22. The average molecular weight is 328 g/mol. The summed E-state index contributed by atoms with van der Waals surface area (Å²) in [7, 11) is 3.30. The lowest BCUT2D eigenvalue weighted by Crippen LogP contribution is -3.13. The number of hydrogen-bond acceptors (Lipinski definition) is 3. The number of quaternary nitrogens is 1. The maximum Gasteiger partial charge on any atom is 0.237 e. The van der Waals surface area contributed by atoms with Crippen molar-refractivity contribution in [3.8, 4) is 11.5 Å². The van der Waals surface area contributed by atoms with Gasteiger partial charge in [0.05, 0.1) is 40.4 Å². The summed E-state index contributed by atoms with van der Waals surface area (Å²) < 4.78 is 10.7. The van der Waals surface area contributed by atoms with Gasteiger partial charge < -0.3 is 19.3 Å². The van der Waals surface area contributed by atoms with Crippen molar-refractivity contribution in [1.82, 2.24) is 4.90 Å². The van der Waals surface area contributed by atoms with Crippen LogP contribution < -0.4 is 14.4 Å². The Hall–Kier alpha value is -1.46. The predicted octanol–water partition coefficient (Wildman–Crippen LogP) is 0.478. The summed E-state index contributed by atoms with van der Waals surface area (Å²) in [5, 5.41) is 0. The molecule has 1 amide bonds. The van der Waals surface area contributed by atoms with E-state index in [0.29, 0.717) is 0 Å². The Morgan fingerprint density at radius 3 is 2.36 bits per heavy atom. The topological polar surface area (TPSA) is 43.2 Å². The smallest absolute Gasteiger partial charge is 0.237 e. The van der Waals surface area contributed by atoms with Crippen molar-refractivity contribution < 1.29 is 19.2 Å². The number of nitrogens with zero attached hydrogens (tertiary/aromatic N) is 1. The van der Waals surface area contributed by atoms with E-state index in [1.807, 2.05) is 11.0 Å². The first-order valence-electron chi connectivity index (χ1n) is 7.47. The molecule has 1 saturated heterocycles. The number of piperazine rings is 1. The van der Waals surface area contributed by atoms with Crippen molar-refractivity contribution in [2.75, 3.05) is 46.3 Å². The number of rotatable bonds is 5. The van der Waals surface area contributed by atoms with Crippen molar-refractivity contribution in [3.05, 3.63) is 23.3 Å². The Kier molecular flexibility index (Phi) is 5.91. The molecule has 1 aliphatic rings. The number of ether oxygens (including phenoxy) is 2. The van der Waals surface area contributed by atoms with Gasteiger partial charge in [-0.3, -0.25) is 4.79 Å². The van der Waals surface area contributed by atoms with Crippen molar-refractivity contribution in [1.29, 1.82) is 0 Å². The van der Waals surface area contributed by atoms with Crippen LogP contribution >= 0.6 is 11.6 Å². The van der Waals surface area contributed by atoms with Gasteiger partial charge in [0, 0.05) is 5.56 Å². The number of carbonyl (C=O) groups excluding carboxylic acids is 1. The molecule has 1 heterocycles. The van der Waals surface area contributed by atoms with Crippen LogP contribution in [0.15, 0.2) is 12.1 Å². The van der Waals surface area contributed by atoms with Gasteiger partial charge in [0.2, 0.25) is 5.91 Å². The Morgan fingerprint density at radius 2 is 1.82 bits per heavy atom. The van der Waals surface area contributed by atoms with Crippen molar-refractivity contribution in [3.63, 3.8) is 0 Å². The number of carbonyl (C=O) groups is 1. The van der Waals surface area contributed by atoms with Crippen LogP contribution in [-0.4, -0.2) is 57.1 Å². The van der Waals surface area contributed by atoms with Crippen LogP contribution in [-0.2, 0) is 11.3 Å². The zero-order valence-corrected chi connectivity index (χ0v) is 14.2. The number of hydrogen-bond donors (Lipinski definition) is 1. The summed E-state index contributed by atoms with van der Waals surface area (Å²) in [4.78, 5) is 14.9. The minimum Gasteiger partial charge on any atom is -0.493 e. The molecular formula is C16H24ClN2O3+. The number of benzene rings is 1. The summed E-state index contributed by atoms with van der Waals surface area (Å²) >= 11 is 5.61. The minimum atomic E-state index is 0.0306. The van der Waals surface area contributed by atoms with Gasteiger partial charge >= 0.3 is 0 Å². The molecule has 1 N–H and O–H groups in total. The van der Waals surface area contributed by atoms with Crippen molar-refractivity contribution >= 4 is 17.5 Å². The van der Waals surface area contributed by atoms with Crippen LogP contribution in [0.4, 0.5) is 0 Å². The number of halogens is 1. The van der Waals surface area contributed by atoms with Gasteiger partial charge in [-0.15, -0.1) is 11.6 Å². The Bertz CT molecular complexity index is 528. The lowest BCUT2D eigenvalue weighted by Gasteiger charge is -2.32. The van der Waals surface area contributed by atoms with E-state index in [4.69, 9.17) is 21.1 Å². The first-order chi connectivity index (χ1) is 10.6. The maximum atomic E-state index is 11.6. The molecule has 1 fully saturated rings. The zero-order valence-electron chi connectivity index (χ0n) is 13.4. The molecule has 5 nitrogen and oxygen atoms in total. The van der Waals surface area contributed by atoms with Gasteiger partial charge in [-0.1, -0.05) is 0 Å². The summed E-state index contributed by atoms with van der Waals surface area (Å²) in [5.74, 6) is 1.63. The molecule has 0 saturated carbocycles. The molecule has 2 rings (SSSR count). The Labute approximate surface area is 136 Å². The fourth-order valence-corrected chi connectivity index (χ4v) is 2.99. The first kappa shape index (κ1) is 16.9. The van der Waals surface area contributed by atoms with E-state index in [9.17, 15) is 4.79 Å². The zero-order chi connectivity index (χ0) is 16.1. The molecule has 0 atom stereocenters. The highest BCUT2D eigenvalue weighted by atomic mass is 35.5. The second-order valence-electron chi connectivity index (χ2n) is 5.57. The van der Waals surface area contributed by atoms with Crippen LogP contribution in [0.3, 0.4) is 0 Å². The Morgan fingerprint density at radius 1 is 1.23 bits per heavy atom.